The van der Waals surface area contributed by atoms with E-state index in [1.807, 2.05) is 12.1 Å². The zero-order valence-electron chi connectivity index (χ0n) is 14.2. The highest BCUT2D eigenvalue weighted by Crippen LogP contribution is 2.32. The molecule has 1 atom stereocenters. The molecule has 0 aliphatic heterocycles. The van der Waals surface area contributed by atoms with Crippen molar-refractivity contribution in [1.29, 1.82) is 0 Å². The number of H-pyrrole nitrogens is 1. The lowest BCUT2D eigenvalue weighted by Gasteiger charge is -2.15. The van der Waals surface area contributed by atoms with Crippen molar-refractivity contribution in [2.75, 3.05) is 12.8 Å². The zero-order chi connectivity index (χ0) is 18.3. The first-order valence-electron chi connectivity index (χ1n) is 8.32. The van der Waals surface area contributed by atoms with E-state index >= 15 is 0 Å². The topological polar surface area (TPSA) is 110 Å². The van der Waals surface area contributed by atoms with Crippen molar-refractivity contribution in [2.45, 2.75) is 18.9 Å². The Bertz CT molecular complexity index is 1020. The van der Waals surface area contributed by atoms with Crippen molar-refractivity contribution < 1.29 is 14.3 Å². The number of nitrogens with one attached hydrogen (secondary N) is 2. The van der Waals surface area contributed by atoms with Crippen LogP contribution in [0.25, 0.3) is 11.0 Å². The third-order valence-electron chi connectivity index (χ3n) is 4.79. The lowest BCUT2D eigenvalue weighted by atomic mass is 10.0. The number of aryl methyl sites for hydroxylation is 1. The molecule has 2 heterocycles. The van der Waals surface area contributed by atoms with Crippen LogP contribution in [0.2, 0.25) is 0 Å². The monoisotopic (exact) mass is 350 g/mol. The van der Waals surface area contributed by atoms with Gasteiger partial charge in [-0.05, 0) is 42.2 Å². The van der Waals surface area contributed by atoms with Crippen LogP contribution in [0.3, 0.4) is 0 Å². The van der Waals surface area contributed by atoms with Crippen molar-refractivity contribution >= 4 is 28.6 Å². The van der Waals surface area contributed by atoms with Crippen molar-refractivity contribution in [2.24, 2.45) is 0 Å². The van der Waals surface area contributed by atoms with Gasteiger partial charge >= 0.3 is 5.97 Å². The van der Waals surface area contributed by atoms with Crippen molar-refractivity contribution in [3.8, 4) is 0 Å². The Morgan fingerprint density at radius 3 is 3.00 bits per heavy atom. The van der Waals surface area contributed by atoms with E-state index in [0.717, 1.165) is 24.0 Å². The highest BCUT2D eigenvalue weighted by atomic mass is 16.5. The van der Waals surface area contributed by atoms with Crippen molar-refractivity contribution in [1.82, 2.24) is 15.3 Å². The summed E-state index contributed by atoms with van der Waals surface area (Å²) in [5.41, 5.74) is 10.7. The van der Waals surface area contributed by atoms with E-state index < -0.39 is 0 Å². The first-order valence-corrected chi connectivity index (χ1v) is 8.32. The number of methoxy groups -OCH3 is 1. The average molecular weight is 350 g/mol. The Kier molecular flexibility index (Phi) is 3.84. The molecule has 7 heteroatoms. The number of carbonyl (C=O) groups excluding carboxylic acids is 2. The number of nitrogen functional groups attached to an aromatic ring is 1. The van der Waals surface area contributed by atoms with Gasteiger partial charge in [0.1, 0.15) is 5.52 Å². The van der Waals surface area contributed by atoms with E-state index in [0.29, 0.717) is 27.8 Å². The number of amides is 1. The Morgan fingerprint density at radius 1 is 1.35 bits per heavy atom. The molecule has 4 N–H and O–H groups in total. The van der Waals surface area contributed by atoms with Gasteiger partial charge in [0.2, 0.25) is 0 Å². The number of hydrogen-bond acceptors (Lipinski definition) is 5. The van der Waals surface area contributed by atoms with Crippen LogP contribution in [0.15, 0.2) is 36.7 Å². The smallest absolute Gasteiger partial charge is 0.337 e. The quantitative estimate of drug-likeness (QED) is 0.628. The van der Waals surface area contributed by atoms with Crippen LogP contribution in [-0.4, -0.2) is 29.0 Å². The maximum absolute atomic E-state index is 12.8. The number of anilines is 1. The van der Waals surface area contributed by atoms with Gasteiger partial charge < -0.3 is 20.8 Å². The van der Waals surface area contributed by atoms with Crippen molar-refractivity contribution in [3.05, 3.63) is 58.9 Å². The van der Waals surface area contributed by atoms with E-state index in [4.69, 9.17) is 10.5 Å². The van der Waals surface area contributed by atoms with Gasteiger partial charge in [-0.15, -0.1) is 0 Å². The SMILES string of the molecule is COC(=O)c1ccc2c(c1)CC[C@@H]2NC(=O)c1ccnc2c(N)c[nH]c12. The number of ether oxygens (including phenoxy) is 1. The minimum Gasteiger partial charge on any atom is -0.465 e. The molecule has 26 heavy (non-hydrogen) atoms. The first kappa shape index (κ1) is 16.1. The maximum Gasteiger partial charge on any atom is 0.337 e. The van der Waals surface area contributed by atoms with Gasteiger partial charge in [-0.25, -0.2) is 4.79 Å². The van der Waals surface area contributed by atoms with E-state index in [1.54, 1.807) is 24.5 Å². The predicted octanol–water partition coefficient (Wildman–Crippen LogP) is 2.35. The van der Waals surface area contributed by atoms with E-state index in [2.05, 4.69) is 15.3 Å². The Labute approximate surface area is 149 Å². The summed E-state index contributed by atoms with van der Waals surface area (Å²) >= 11 is 0. The highest BCUT2D eigenvalue weighted by Gasteiger charge is 2.26. The number of fused-ring (bicyclic) bond motifs is 2. The van der Waals surface area contributed by atoms with Crippen molar-refractivity contribution in [3.63, 3.8) is 0 Å². The number of rotatable bonds is 3. The number of nitrogens with zero attached hydrogens (tertiary/aromatic N) is 1. The predicted molar refractivity (Wildman–Crippen MR) is 96.8 cm³/mol. The Morgan fingerprint density at radius 2 is 2.19 bits per heavy atom. The second-order valence-corrected chi connectivity index (χ2v) is 6.30. The molecule has 0 fully saturated rings. The van der Waals surface area contributed by atoms with E-state index in [9.17, 15) is 9.59 Å². The summed E-state index contributed by atoms with van der Waals surface area (Å²) in [6, 6.07) is 7.02. The molecule has 0 saturated carbocycles. The van der Waals surface area contributed by atoms with Crippen LogP contribution >= 0.6 is 0 Å². The molecule has 1 aliphatic rings. The second kappa shape index (κ2) is 6.18. The molecule has 1 aliphatic carbocycles. The van der Waals surface area contributed by atoms with Gasteiger partial charge in [-0.2, -0.15) is 0 Å². The first-order chi connectivity index (χ1) is 12.6. The minimum absolute atomic E-state index is 0.0975. The van der Waals surface area contributed by atoms with Crippen LogP contribution in [0.5, 0.6) is 0 Å². The molecule has 3 aromatic rings. The van der Waals surface area contributed by atoms with Crippen LogP contribution in [0.1, 0.15) is 44.3 Å². The summed E-state index contributed by atoms with van der Waals surface area (Å²) in [7, 11) is 1.36. The van der Waals surface area contributed by atoms with Gasteiger partial charge in [0.15, 0.2) is 0 Å². The van der Waals surface area contributed by atoms with E-state index in [1.165, 1.54) is 7.11 Å². The number of pyridine rings is 1. The molecule has 2 aromatic heterocycles. The third kappa shape index (κ3) is 2.57. The fourth-order valence-corrected chi connectivity index (χ4v) is 3.48. The zero-order valence-corrected chi connectivity index (χ0v) is 14.2. The summed E-state index contributed by atoms with van der Waals surface area (Å²) in [4.78, 5) is 31.7. The lowest BCUT2D eigenvalue weighted by Crippen LogP contribution is -2.27. The normalized spacial score (nSPS) is 15.7. The molecule has 0 bridgehead atoms. The van der Waals surface area contributed by atoms with E-state index in [-0.39, 0.29) is 17.9 Å². The summed E-state index contributed by atoms with van der Waals surface area (Å²) in [6.45, 7) is 0. The molecule has 0 radical (unpaired) electrons. The molecule has 1 amide bonds. The van der Waals surface area contributed by atoms with Gasteiger partial charge in [0.05, 0.1) is 35.5 Å². The third-order valence-corrected chi connectivity index (χ3v) is 4.79. The summed E-state index contributed by atoms with van der Waals surface area (Å²) < 4.78 is 4.76. The molecule has 132 valence electrons. The lowest BCUT2D eigenvalue weighted by molar-refractivity contribution is 0.0600. The minimum atomic E-state index is -0.358. The highest BCUT2D eigenvalue weighted by molar-refractivity contribution is 6.07. The van der Waals surface area contributed by atoms with Crippen LogP contribution in [0.4, 0.5) is 5.69 Å². The molecule has 4 rings (SSSR count). The van der Waals surface area contributed by atoms with Gasteiger partial charge in [0.25, 0.3) is 5.91 Å². The van der Waals surface area contributed by atoms with Gasteiger partial charge in [-0.3, -0.25) is 9.78 Å². The number of esters is 1. The van der Waals surface area contributed by atoms with Crippen LogP contribution in [-0.2, 0) is 11.2 Å². The fraction of sp³-hybridized carbons (Fsp3) is 0.211. The largest absolute Gasteiger partial charge is 0.465 e. The molecule has 0 spiro atoms. The summed E-state index contributed by atoms with van der Waals surface area (Å²) in [6.07, 6.45) is 4.79. The number of aromatic nitrogens is 2. The number of nitrogens with two attached hydrogens (primary N) is 1. The number of aromatic amines is 1. The Hall–Kier alpha value is -3.35. The molecular formula is C19H18N4O3. The summed E-state index contributed by atoms with van der Waals surface area (Å²) in [5.74, 6) is -0.544. The molecule has 0 saturated heterocycles. The number of carbonyl (C=O) groups is 2. The van der Waals surface area contributed by atoms with Gasteiger partial charge in [0, 0.05) is 12.4 Å². The standard InChI is InChI=1S/C19H18N4O3/c1-26-19(25)11-2-4-12-10(8-11)3-5-15(12)23-18(24)13-6-7-21-17-14(20)9-22-16(13)17/h2,4,6-9,15,22H,3,5,20H2,1H3,(H,23,24)/t15-/m0/s1. The molecule has 1 aromatic carbocycles. The molecular weight excluding hydrogens is 332 g/mol. The number of hydrogen-bond donors (Lipinski definition) is 3. The van der Waals surface area contributed by atoms with Crippen LogP contribution < -0.4 is 11.1 Å². The molecule has 0 unspecified atom stereocenters. The second-order valence-electron chi connectivity index (χ2n) is 6.30. The maximum atomic E-state index is 12.8. The van der Waals surface area contributed by atoms with Crippen LogP contribution in [0, 0.1) is 0 Å². The average Bonchev–Trinajstić information content (AvgIpc) is 3.24. The molecule has 7 nitrogen and oxygen atoms in total. The fourth-order valence-electron chi connectivity index (χ4n) is 3.48. The Balaban J connectivity index is 1.59. The number of benzene rings is 1. The summed E-state index contributed by atoms with van der Waals surface area (Å²) in [5, 5.41) is 3.07. The van der Waals surface area contributed by atoms with Gasteiger partial charge in [-0.1, -0.05) is 6.07 Å².